The van der Waals surface area contributed by atoms with E-state index in [1.165, 1.54) is 11.8 Å². The number of aromatic nitrogens is 4. The Morgan fingerprint density at radius 3 is 2.71 bits per heavy atom. The molecule has 1 aliphatic rings. The second-order valence-electron chi connectivity index (χ2n) is 6.75. The first-order valence-corrected chi connectivity index (χ1v) is 11.6. The van der Waals surface area contributed by atoms with Crippen LogP contribution < -0.4 is 19.8 Å². The molecule has 11 heteroatoms. The molecule has 0 radical (unpaired) electrons. The molecule has 5 rings (SSSR count). The summed E-state index contributed by atoms with van der Waals surface area (Å²) in [6, 6.07) is 9.29. The minimum absolute atomic E-state index is 0.220. The Hall–Kier alpha value is -2.20. The molecule has 0 aliphatic carbocycles. The summed E-state index contributed by atoms with van der Waals surface area (Å²) in [4.78, 5) is 13.3. The van der Waals surface area contributed by atoms with E-state index >= 15 is 0 Å². The van der Waals surface area contributed by atoms with Gasteiger partial charge >= 0.3 is 0 Å². The predicted molar refractivity (Wildman–Crippen MR) is 123 cm³/mol. The van der Waals surface area contributed by atoms with Gasteiger partial charge in [-0.2, -0.15) is 0 Å². The molecule has 31 heavy (non-hydrogen) atoms. The smallest absolute Gasteiger partial charge is 0.294 e. The van der Waals surface area contributed by atoms with Crippen LogP contribution in [0.1, 0.15) is 5.56 Å². The van der Waals surface area contributed by atoms with Crippen LogP contribution in [0.25, 0.3) is 11.2 Å². The van der Waals surface area contributed by atoms with Gasteiger partial charge in [0.05, 0.1) is 6.54 Å². The molecule has 0 saturated carbocycles. The number of halogens is 3. The molecule has 2 aromatic carbocycles. The molecule has 1 aliphatic heterocycles. The second kappa shape index (κ2) is 8.38. The monoisotopic (exact) mass is 538 g/mol. The zero-order valence-corrected chi connectivity index (χ0v) is 19.8. The third kappa shape index (κ3) is 4.03. The van der Waals surface area contributed by atoms with Gasteiger partial charge in [0.25, 0.3) is 5.65 Å². The van der Waals surface area contributed by atoms with Crippen molar-refractivity contribution in [1.82, 2.24) is 15.0 Å². The number of aryl methyl sites for hydroxylation is 1. The minimum atomic E-state index is 0.220. The van der Waals surface area contributed by atoms with Gasteiger partial charge in [-0.05, 0) is 57.5 Å². The third-order valence-corrected chi connectivity index (χ3v) is 7.40. The summed E-state index contributed by atoms with van der Waals surface area (Å²) in [5.41, 5.74) is 8.36. The highest BCUT2D eigenvalue weighted by atomic mass is 79.9. The zero-order chi connectivity index (χ0) is 21.5. The van der Waals surface area contributed by atoms with Crippen LogP contribution in [0.2, 0.25) is 10.0 Å². The molecule has 3 heterocycles. The number of imidazole rings is 1. The Morgan fingerprint density at radius 1 is 1.19 bits per heavy atom. The molecule has 0 amide bonds. The number of nitrogens with one attached hydrogen (secondary N) is 1. The molecule has 4 aromatic rings. The Kier molecular flexibility index (Phi) is 5.60. The zero-order valence-electron chi connectivity index (χ0n) is 15.9. The third-order valence-electron chi connectivity index (χ3n) is 4.83. The van der Waals surface area contributed by atoms with Crippen molar-refractivity contribution in [2.45, 2.75) is 23.0 Å². The van der Waals surface area contributed by atoms with Gasteiger partial charge in [-0.25, -0.2) is 4.57 Å². The van der Waals surface area contributed by atoms with Crippen molar-refractivity contribution in [3.8, 4) is 11.5 Å². The molecular weight excluding hydrogens is 525 g/mol. The number of hydrogen-bond donors (Lipinski definition) is 2. The SMILES string of the molecule is Nc1nc[n+](CCc2c(Cl)cccc2Cl)c2nc(Sc3cc4c(cc3Br)OCO4)[nH]c12. The van der Waals surface area contributed by atoms with Crippen LogP contribution in [0.15, 0.2) is 51.2 Å². The Balaban J connectivity index is 1.45. The minimum Gasteiger partial charge on any atom is -0.454 e. The highest BCUT2D eigenvalue weighted by Crippen LogP contribution is 2.42. The summed E-state index contributed by atoms with van der Waals surface area (Å²) in [7, 11) is 0. The summed E-state index contributed by atoms with van der Waals surface area (Å²) in [5.74, 6) is 1.80. The second-order valence-corrected chi connectivity index (χ2v) is 9.45. The number of nitrogen functional groups attached to an aromatic ring is 1. The van der Waals surface area contributed by atoms with Crippen molar-refractivity contribution in [1.29, 1.82) is 0 Å². The van der Waals surface area contributed by atoms with E-state index in [0.29, 0.717) is 56.6 Å². The maximum absolute atomic E-state index is 6.31. The van der Waals surface area contributed by atoms with Gasteiger partial charge in [0.1, 0.15) is 0 Å². The van der Waals surface area contributed by atoms with Crippen molar-refractivity contribution in [2.75, 3.05) is 12.5 Å². The number of nitrogens with zero attached hydrogens (tertiary/aromatic N) is 3. The lowest BCUT2D eigenvalue weighted by Gasteiger charge is -2.06. The average molecular weight is 540 g/mol. The molecule has 0 spiro atoms. The van der Waals surface area contributed by atoms with Gasteiger partial charge in [0.15, 0.2) is 17.0 Å². The number of rotatable bonds is 5. The van der Waals surface area contributed by atoms with Gasteiger partial charge in [0.2, 0.25) is 24.1 Å². The van der Waals surface area contributed by atoms with E-state index in [-0.39, 0.29) is 6.79 Å². The normalized spacial score (nSPS) is 12.6. The van der Waals surface area contributed by atoms with E-state index in [2.05, 4.69) is 25.9 Å². The van der Waals surface area contributed by atoms with Crippen LogP contribution in [-0.2, 0) is 13.0 Å². The molecule has 3 N–H and O–H groups in total. The van der Waals surface area contributed by atoms with Crippen molar-refractivity contribution in [2.24, 2.45) is 0 Å². The summed E-state index contributed by atoms with van der Waals surface area (Å²) >= 11 is 17.7. The number of ether oxygens (including phenoxy) is 2. The number of anilines is 1. The molecule has 2 aromatic heterocycles. The molecule has 158 valence electrons. The molecule has 0 fully saturated rings. The van der Waals surface area contributed by atoms with E-state index < -0.39 is 0 Å². The van der Waals surface area contributed by atoms with Crippen LogP contribution in [0.4, 0.5) is 5.82 Å². The molecular formula is C20H15BrCl2N5O2S+. The van der Waals surface area contributed by atoms with Crippen LogP contribution >= 0.6 is 50.9 Å². The lowest BCUT2D eigenvalue weighted by Crippen LogP contribution is -2.36. The number of H-pyrrole nitrogens is 1. The number of nitrogens with two attached hydrogens (primary N) is 1. The fraction of sp³-hybridized carbons (Fsp3) is 0.150. The maximum Gasteiger partial charge on any atom is 0.294 e. The van der Waals surface area contributed by atoms with Crippen molar-refractivity contribution in [3.63, 3.8) is 0 Å². The first-order chi connectivity index (χ1) is 15.0. The van der Waals surface area contributed by atoms with Crippen molar-refractivity contribution in [3.05, 3.63) is 56.7 Å². The van der Waals surface area contributed by atoms with Gasteiger partial charge in [-0.3, -0.25) is 0 Å². The lowest BCUT2D eigenvalue weighted by molar-refractivity contribution is -0.675. The fourth-order valence-corrected chi connectivity index (χ4v) is 5.24. The largest absolute Gasteiger partial charge is 0.454 e. The topological polar surface area (TPSA) is 89.9 Å². The van der Waals surface area contributed by atoms with Crippen LogP contribution in [0, 0.1) is 0 Å². The number of benzene rings is 2. The van der Waals surface area contributed by atoms with Crippen LogP contribution in [-0.4, -0.2) is 21.7 Å². The highest BCUT2D eigenvalue weighted by molar-refractivity contribution is 9.10. The first kappa shape index (κ1) is 20.7. The molecule has 0 unspecified atom stereocenters. The standard InChI is InChI=1S/C20H14BrCl2N5O2S/c21-11-6-14-15(30-9-29-14)7-16(11)31-20-26-17-18(24)25-8-28(19(17)27-20)5-4-10-12(22)2-1-3-13(10)23/h1-3,6-8H,4-5,9H2,(H2,24,26,27)/p+1. The summed E-state index contributed by atoms with van der Waals surface area (Å²) in [5, 5.41) is 1.95. The Morgan fingerprint density at radius 2 is 1.94 bits per heavy atom. The van der Waals surface area contributed by atoms with E-state index in [0.717, 1.165) is 14.9 Å². The number of hydrogen-bond acceptors (Lipinski definition) is 6. The highest BCUT2D eigenvalue weighted by Gasteiger charge is 2.22. The lowest BCUT2D eigenvalue weighted by atomic mass is 10.1. The van der Waals surface area contributed by atoms with Gasteiger partial charge in [-0.1, -0.05) is 39.2 Å². The van der Waals surface area contributed by atoms with E-state index in [1.54, 1.807) is 6.33 Å². The summed E-state index contributed by atoms with van der Waals surface area (Å²) in [6.07, 6.45) is 2.31. The maximum atomic E-state index is 6.31. The fourth-order valence-electron chi connectivity index (χ4n) is 3.28. The predicted octanol–water partition coefficient (Wildman–Crippen LogP) is 5.02. The molecule has 0 saturated heterocycles. The summed E-state index contributed by atoms with van der Waals surface area (Å²) in [6.45, 7) is 0.814. The van der Waals surface area contributed by atoms with Crippen molar-refractivity contribution >= 4 is 67.9 Å². The average Bonchev–Trinajstić information content (AvgIpc) is 3.36. The van der Waals surface area contributed by atoms with E-state index in [9.17, 15) is 0 Å². The number of aromatic amines is 1. The molecule has 0 bridgehead atoms. The van der Waals surface area contributed by atoms with Gasteiger partial charge in [-0.15, -0.1) is 0 Å². The number of fused-ring (bicyclic) bond motifs is 2. The van der Waals surface area contributed by atoms with E-state index in [4.69, 9.17) is 43.4 Å². The Labute approximate surface area is 200 Å². The van der Waals surface area contributed by atoms with E-state index in [1.807, 2.05) is 34.9 Å². The van der Waals surface area contributed by atoms with Crippen LogP contribution in [0.3, 0.4) is 0 Å². The van der Waals surface area contributed by atoms with Gasteiger partial charge < -0.3 is 20.2 Å². The first-order valence-electron chi connectivity index (χ1n) is 9.23. The van der Waals surface area contributed by atoms with Gasteiger partial charge in [0, 0.05) is 25.8 Å². The quantitative estimate of drug-likeness (QED) is 0.346. The van der Waals surface area contributed by atoms with Crippen LogP contribution in [0.5, 0.6) is 11.5 Å². The molecule has 7 nitrogen and oxygen atoms in total. The summed E-state index contributed by atoms with van der Waals surface area (Å²) < 4.78 is 13.7. The molecule has 0 atom stereocenters. The van der Waals surface area contributed by atoms with Crippen molar-refractivity contribution < 1.29 is 14.0 Å². The Bertz CT molecular complexity index is 1300.